The van der Waals surface area contributed by atoms with Crippen LogP contribution in [0, 0.1) is 0 Å². The van der Waals surface area contributed by atoms with Crippen molar-refractivity contribution in [1.29, 1.82) is 0 Å². The molecule has 1 aliphatic carbocycles. The Morgan fingerprint density at radius 3 is 2.79 bits per heavy atom. The number of fused-ring (bicyclic) bond motifs is 6. The summed E-state index contributed by atoms with van der Waals surface area (Å²) in [4.78, 5) is 21.0. The van der Waals surface area contributed by atoms with Crippen molar-refractivity contribution in [3.05, 3.63) is 35.5 Å². The monoisotopic (exact) mass is 323 g/mol. The first-order chi connectivity index (χ1) is 11.8. The maximum Gasteiger partial charge on any atom is 0.320 e. The van der Waals surface area contributed by atoms with Crippen LogP contribution in [0.4, 0.5) is 4.79 Å². The van der Waals surface area contributed by atoms with E-state index in [4.69, 9.17) is 0 Å². The average molecular weight is 323 g/mol. The molecule has 1 N–H and O–H groups in total. The SMILES string of the molecule is O=C(N1CCCCC1)N1CC[C@@H]2C[C@H]1Cc1c2[nH]c2ccccc12. The number of hydrogen-bond acceptors (Lipinski definition) is 1. The van der Waals surface area contributed by atoms with Gasteiger partial charge in [-0.2, -0.15) is 0 Å². The number of likely N-dealkylation sites (tertiary alicyclic amines) is 2. The summed E-state index contributed by atoms with van der Waals surface area (Å²) in [6.07, 6.45) is 6.83. The molecule has 0 unspecified atom stereocenters. The van der Waals surface area contributed by atoms with Gasteiger partial charge in [0.1, 0.15) is 0 Å². The topological polar surface area (TPSA) is 39.3 Å². The summed E-state index contributed by atoms with van der Waals surface area (Å²) in [5.74, 6) is 0.594. The zero-order valence-electron chi connectivity index (χ0n) is 14.1. The Labute approximate surface area is 142 Å². The molecule has 2 saturated heterocycles. The van der Waals surface area contributed by atoms with Crippen LogP contribution in [0.2, 0.25) is 0 Å². The molecule has 24 heavy (non-hydrogen) atoms. The van der Waals surface area contributed by atoms with Crippen LogP contribution in [0.15, 0.2) is 24.3 Å². The number of H-pyrrole nitrogens is 1. The molecule has 2 amide bonds. The number of piperidine rings is 2. The Hall–Kier alpha value is -1.97. The first-order valence-corrected chi connectivity index (χ1v) is 9.46. The lowest BCUT2D eigenvalue weighted by atomic mass is 9.78. The Kier molecular flexibility index (Phi) is 3.32. The number of aromatic amines is 1. The minimum absolute atomic E-state index is 0.293. The molecule has 4 nitrogen and oxygen atoms in total. The molecule has 2 atom stereocenters. The van der Waals surface area contributed by atoms with Crippen LogP contribution in [0.3, 0.4) is 0 Å². The van der Waals surface area contributed by atoms with E-state index in [1.54, 1.807) is 0 Å². The summed E-state index contributed by atoms with van der Waals surface area (Å²) in [5.41, 5.74) is 4.16. The van der Waals surface area contributed by atoms with E-state index in [0.29, 0.717) is 18.0 Å². The quantitative estimate of drug-likeness (QED) is 0.785. The first-order valence-electron chi connectivity index (χ1n) is 9.46. The van der Waals surface area contributed by atoms with Gasteiger partial charge in [-0.25, -0.2) is 4.79 Å². The van der Waals surface area contributed by atoms with E-state index in [1.807, 2.05) is 0 Å². The van der Waals surface area contributed by atoms with Crippen LogP contribution in [0.1, 0.15) is 49.3 Å². The Morgan fingerprint density at radius 2 is 1.92 bits per heavy atom. The van der Waals surface area contributed by atoms with Gasteiger partial charge in [0.15, 0.2) is 0 Å². The standard InChI is InChI=1S/C20H25N3O/c24-20(22-9-4-1-5-10-22)23-11-8-14-12-15(23)13-17-16-6-2-3-7-18(16)21-19(14)17/h2-3,6-7,14-15,21H,1,4-5,8-13H2/t14-,15+/m1/s1. The number of carbonyl (C=O) groups excluding carboxylic acids is 1. The highest BCUT2D eigenvalue weighted by atomic mass is 16.2. The maximum absolute atomic E-state index is 13.0. The summed E-state index contributed by atoms with van der Waals surface area (Å²) < 4.78 is 0. The molecular weight excluding hydrogens is 298 g/mol. The molecule has 0 radical (unpaired) electrons. The predicted molar refractivity (Wildman–Crippen MR) is 95.3 cm³/mol. The highest BCUT2D eigenvalue weighted by Gasteiger charge is 2.40. The Morgan fingerprint density at radius 1 is 1.08 bits per heavy atom. The third kappa shape index (κ3) is 2.15. The molecule has 0 saturated carbocycles. The Balaban J connectivity index is 1.45. The lowest BCUT2D eigenvalue weighted by Gasteiger charge is -2.45. The minimum atomic E-state index is 0.293. The zero-order valence-corrected chi connectivity index (χ0v) is 14.1. The number of carbonyl (C=O) groups is 1. The fourth-order valence-electron chi connectivity index (χ4n) is 5.05. The van der Waals surface area contributed by atoms with Gasteiger partial charge in [0.2, 0.25) is 0 Å². The van der Waals surface area contributed by atoms with Crippen molar-refractivity contribution >= 4 is 16.9 Å². The van der Waals surface area contributed by atoms with Gasteiger partial charge in [-0.1, -0.05) is 18.2 Å². The van der Waals surface area contributed by atoms with Gasteiger partial charge in [-0.05, 0) is 50.2 Å². The molecule has 0 spiro atoms. The van der Waals surface area contributed by atoms with Crippen LogP contribution in [-0.4, -0.2) is 46.5 Å². The van der Waals surface area contributed by atoms with Gasteiger partial charge >= 0.3 is 6.03 Å². The van der Waals surface area contributed by atoms with Crippen molar-refractivity contribution in [2.45, 2.75) is 50.5 Å². The molecule has 3 aliphatic rings. The van der Waals surface area contributed by atoms with Gasteiger partial charge < -0.3 is 14.8 Å². The number of aromatic nitrogens is 1. The minimum Gasteiger partial charge on any atom is -0.358 e. The third-order valence-corrected chi connectivity index (χ3v) is 6.28. The molecule has 3 heterocycles. The summed E-state index contributed by atoms with van der Waals surface area (Å²) >= 11 is 0. The molecule has 2 bridgehead atoms. The lowest BCUT2D eigenvalue weighted by molar-refractivity contribution is 0.0984. The highest BCUT2D eigenvalue weighted by molar-refractivity contribution is 5.85. The van der Waals surface area contributed by atoms with Gasteiger partial charge in [-0.3, -0.25) is 0 Å². The van der Waals surface area contributed by atoms with Crippen LogP contribution < -0.4 is 0 Å². The lowest BCUT2D eigenvalue weighted by Crippen LogP contribution is -2.54. The van der Waals surface area contributed by atoms with Crippen molar-refractivity contribution in [3.63, 3.8) is 0 Å². The molecule has 1 aromatic carbocycles. The van der Waals surface area contributed by atoms with Crippen LogP contribution in [0.25, 0.3) is 10.9 Å². The van der Waals surface area contributed by atoms with Crippen molar-refractivity contribution in [2.24, 2.45) is 0 Å². The fraction of sp³-hybridized carbons (Fsp3) is 0.550. The number of rotatable bonds is 0. The van der Waals surface area contributed by atoms with Gasteiger partial charge in [0.25, 0.3) is 0 Å². The van der Waals surface area contributed by atoms with Gasteiger partial charge in [0, 0.05) is 48.2 Å². The number of urea groups is 1. The van der Waals surface area contributed by atoms with Gasteiger partial charge in [-0.15, -0.1) is 0 Å². The molecule has 2 aromatic rings. The Bertz CT molecular complexity index is 774. The first kappa shape index (κ1) is 14.4. The van der Waals surface area contributed by atoms with E-state index in [1.165, 1.54) is 41.4 Å². The number of para-hydroxylation sites is 1. The molecular formula is C20H25N3O. The van der Waals surface area contributed by atoms with Crippen molar-refractivity contribution in [2.75, 3.05) is 19.6 Å². The highest BCUT2D eigenvalue weighted by Crippen LogP contribution is 2.42. The summed E-state index contributed by atoms with van der Waals surface area (Å²) in [6, 6.07) is 9.29. The number of nitrogens with one attached hydrogen (secondary N) is 1. The van der Waals surface area contributed by atoms with Gasteiger partial charge in [0.05, 0.1) is 0 Å². The molecule has 5 rings (SSSR count). The molecule has 126 valence electrons. The number of benzene rings is 1. The number of hydrogen-bond donors (Lipinski definition) is 1. The van der Waals surface area contributed by atoms with E-state index < -0.39 is 0 Å². The smallest absolute Gasteiger partial charge is 0.320 e. The van der Waals surface area contributed by atoms with Crippen molar-refractivity contribution < 1.29 is 4.79 Å². The largest absolute Gasteiger partial charge is 0.358 e. The van der Waals surface area contributed by atoms with E-state index in [2.05, 4.69) is 39.0 Å². The molecule has 2 fully saturated rings. The van der Waals surface area contributed by atoms with E-state index in [0.717, 1.165) is 38.9 Å². The van der Waals surface area contributed by atoms with Crippen LogP contribution in [-0.2, 0) is 6.42 Å². The average Bonchev–Trinajstić information content (AvgIpc) is 3.01. The van der Waals surface area contributed by atoms with Crippen LogP contribution >= 0.6 is 0 Å². The van der Waals surface area contributed by atoms with Crippen molar-refractivity contribution in [3.8, 4) is 0 Å². The summed E-state index contributed by atoms with van der Waals surface area (Å²) in [6.45, 7) is 2.81. The number of amides is 2. The maximum atomic E-state index is 13.0. The molecule has 1 aromatic heterocycles. The summed E-state index contributed by atoms with van der Waals surface area (Å²) in [7, 11) is 0. The van der Waals surface area contributed by atoms with E-state index in [-0.39, 0.29) is 0 Å². The second-order valence-corrected chi connectivity index (χ2v) is 7.67. The predicted octanol–water partition coefficient (Wildman–Crippen LogP) is 3.88. The normalized spacial score (nSPS) is 26.5. The second kappa shape index (κ2) is 5.54. The molecule has 2 aliphatic heterocycles. The van der Waals surface area contributed by atoms with Crippen LogP contribution in [0.5, 0.6) is 0 Å². The molecule has 4 heteroatoms. The second-order valence-electron chi connectivity index (χ2n) is 7.67. The number of nitrogens with zero attached hydrogens (tertiary/aromatic N) is 2. The van der Waals surface area contributed by atoms with E-state index in [9.17, 15) is 4.79 Å². The zero-order chi connectivity index (χ0) is 16.1. The van der Waals surface area contributed by atoms with Crippen molar-refractivity contribution in [1.82, 2.24) is 14.8 Å². The van der Waals surface area contributed by atoms with E-state index >= 15 is 0 Å². The fourth-order valence-corrected chi connectivity index (χ4v) is 5.05. The summed E-state index contributed by atoms with van der Waals surface area (Å²) in [5, 5.41) is 1.36. The third-order valence-electron chi connectivity index (χ3n) is 6.28.